The van der Waals surface area contributed by atoms with Gasteiger partial charge in [-0.15, -0.1) is 0 Å². The second kappa shape index (κ2) is 8.30. The number of benzene rings is 2. The number of halogens is 1. The Kier molecular flexibility index (Phi) is 5.57. The van der Waals surface area contributed by atoms with Gasteiger partial charge >= 0.3 is 5.97 Å². The summed E-state index contributed by atoms with van der Waals surface area (Å²) in [7, 11) is 1.65. The van der Waals surface area contributed by atoms with Crippen molar-refractivity contribution in [2.75, 3.05) is 13.7 Å². The standard InChI is InChI=1S/C24H25FN2O3/c1-4-30-22(28)12-15(2)27-24(17-6-5-7-18(25)13-17)20-11-9-16-8-10-19(29-3)14-21(16)23(20)26-27/h5-8,10,12-14,20,24H,4,9,11H2,1-3H3/b15-12+. The van der Waals surface area contributed by atoms with Crippen LogP contribution in [0.15, 0.2) is 59.3 Å². The molecule has 0 saturated carbocycles. The lowest BCUT2D eigenvalue weighted by molar-refractivity contribution is -0.137. The van der Waals surface area contributed by atoms with E-state index in [0.29, 0.717) is 12.3 Å². The van der Waals surface area contributed by atoms with Crippen molar-refractivity contribution in [1.82, 2.24) is 5.01 Å². The summed E-state index contributed by atoms with van der Waals surface area (Å²) < 4.78 is 24.5. The van der Waals surface area contributed by atoms with E-state index in [9.17, 15) is 9.18 Å². The Morgan fingerprint density at radius 3 is 2.87 bits per heavy atom. The summed E-state index contributed by atoms with van der Waals surface area (Å²) in [6, 6.07) is 12.5. The van der Waals surface area contributed by atoms with E-state index in [2.05, 4.69) is 6.07 Å². The second-order valence-corrected chi connectivity index (χ2v) is 7.54. The lowest BCUT2D eigenvalue weighted by Gasteiger charge is -2.31. The van der Waals surface area contributed by atoms with Gasteiger partial charge in [-0.05, 0) is 62.1 Å². The zero-order valence-corrected chi connectivity index (χ0v) is 17.4. The van der Waals surface area contributed by atoms with Crippen molar-refractivity contribution in [2.24, 2.45) is 11.0 Å². The first-order chi connectivity index (χ1) is 14.5. The minimum atomic E-state index is -0.412. The van der Waals surface area contributed by atoms with E-state index in [1.54, 1.807) is 26.2 Å². The van der Waals surface area contributed by atoms with Crippen molar-refractivity contribution >= 4 is 11.7 Å². The number of ether oxygens (including phenoxy) is 2. The Labute approximate surface area is 175 Å². The van der Waals surface area contributed by atoms with Gasteiger partial charge in [0.2, 0.25) is 0 Å². The molecule has 1 aliphatic carbocycles. The number of fused-ring (bicyclic) bond motifs is 3. The van der Waals surface area contributed by atoms with Crippen LogP contribution < -0.4 is 4.74 Å². The summed E-state index contributed by atoms with van der Waals surface area (Å²) in [5.41, 5.74) is 4.72. The molecule has 0 amide bonds. The molecule has 0 radical (unpaired) electrons. The molecule has 2 atom stereocenters. The molecular formula is C24H25FN2O3. The first kappa shape index (κ1) is 20.1. The number of carbonyl (C=O) groups excluding carboxylic acids is 1. The first-order valence-electron chi connectivity index (χ1n) is 10.2. The number of methoxy groups -OCH3 is 1. The predicted octanol–water partition coefficient (Wildman–Crippen LogP) is 4.62. The average Bonchev–Trinajstić information content (AvgIpc) is 3.13. The minimum Gasteiger partial charge on any atom is -0.497 e. The molecule has 2 aromatic rings. The Morgan fingerprint density at radius 1 is 1.30 bits per heavy atom. The number of rotatable bonds is 5. The molecule has 0 saturated heterocycles. The van der Waals surface area contributed by atoms with Crippen molar-refractivity contribution < 1.29 is 18.7 Å². The highest BCUT2D eigenvalue weighted by molar-refractivity contribution is 6.06. The third-order valence-electron chi connectivity index (χ3n) is 5.69. The van der Waals surface area contributed by atoms with Gasteiger partial charge in [-0.3, -0.25) is 5.01 Å². The summed E-state index contributed by atoms with van der Waals surface area (Å²) >= 11 is 0. The highest BCUT2D eigenvalue weighted by Crippen LogP contribution is 2.45. The largest absolute Gasteiger partial charge is 0.497 e. The van der Waals surface area contributed by atoms with Gasteiger partial charge in [0.25, 0.3) is 0 Å². The molecule has 0 spiro atoms. The maximum Gasteiger partial charge on any atom is 0.332 e. The Bertz CT molecular complexity index is 1030. The van der Waals surface area contributed by atoms with Gasteiger partial charge in [0.05, 0.1) is 25.5 Å². The minimum absolute atomic E-state index is 0.0805. The predicted molar refractivity (Wildman–Crippen MR) is 113 cm³/mol. The van der Waals surface area contributed by atoms with Gasteiger partial charge < -0.3 is 9.47 Å². The van der Waals surface area contributed by atoms with Crippen LogP contribution in [-0.4, -0.2) is 30.4 Å². The highest BCUT2D eigenvalue weighted by atomic mass is 19.1. The van der Waals surface area contributed by atoms with Crippen LogP contribution in [0.4, 0.5) is 4.39 Å². The number of hydrogen-bond acceptors (Lipinski definition) is 5. The average molecular weight is 408 g/mol. The van der Waals surface area contributed by atoms with Crippen molar-refractivity contribution in [3.8, 4) is 5.75 Å². The topological polar surface area (TPSA) is 51.1 Å². The highest BCUT2D eigenvalue weighted by Gasteiger charge is 2.42. The molecule has 156 valence electrons. The monoisotopic (exact) mass is 408 g/mol. The fourth-order valence-electron chi connectivity index (χ4n) is 4.35. The van der Waals surface area contributed by atoms with Crippen LogP contribution in [0.1, 0.15) is 43.0 Å². The van der Waals surface area contributed by atoms with E-state index in [1.165, 1.54) is 17.7 Å². The lowest BCUT2D eigenvalue weighted by atomic mass is 9.77. The zero-order chi connectivity index (χ0) is 21.3. The maximum absolute atomic E-state index is 14.1. The molecule has 2 unspecified atom stereocenters. The number of hydrazone groups is 1. The van der Waals surface area contributed by atoms with E-state index in [-0.39, 0.29) is 17.8 Å². The molecule has 6 heteroatoms. The van der Waals surface area contributed by atoms with Gasteiger partial charge in [-0.2, -0.15) is 5.10 Å². The fourth-order valence-corrected chi connectivity index (χ4v) is 4.35. The van der Waals surface area contributed by atoms with Crippen LogP contribution in [0.2, 0.25) is 0 Å². The molecule has 1 aliphatic heterocycles. The first-order valence-corrected chi connectivity index (χ1v) is 10.2. The molecule has 2 aromatic carbocycles. The lowest BCUT2D eigenvalue weighted by Crippen LogP contribution is -2.28. The van der Waals surface area contributed by atoms with Gasteiger partial charge in [-0.25, -0.2) is 9.18 Å². The zero-order valence-electron chi connectivity index (χ0n) is 17.4. The molecule has 0 aromatic heterocycles. The molecule has 1 heterocycles. The van der Waals surface area contributed by atoms with Crippen LogP contribution in [0.5, 0.6) is 5.75 Å². The van der Waals surface area contributed by atoms with Crippen LogP contribution in [-0.2, 0) is 16.0 Å². The molecule has 4 rings (SSSR count). The normalized spacial score (nSPS) is 20.3. The summed E-state index contributed by atoms with van der Waals surface area (Å²) in [6.07, 6.45) is 3.25. The van der Waals surface area contributed by atoms with Crippen LogP contribution >= 0.6 is 0 Å². The summed E-state index contributed by atoms with van der Waals surface area (Å²) in [6.45, 7) is 3.91. The third-order valence-corrected chi connectivity index (χ3v) is 5.69. The van der Waals surface area contributed by atoms with E-state index in [4.69, 9.17) is 14.6 Å². The maximum atomic E-state index is 14.1. The van der Waals surface area contributed by atoms with Crippen molar-refractivity contribution in [3.63, 3.8) is 0 Å². The van der Waals surface area contributed by atoms with Crippen LogP contribution in [0.3, 0.4) is 0 Å². The molecule has 0 bridgehead atoms. The van der Waals surface area contributed by atoms with Gasteiger partial charge in [0.1, 0.15) is 11.6 Å². The third kappa shape index (κ3) is 3.70. The summed E-state index contributed by atoms with van der Waals surface area (Å²) in [5.74, 6) is 0.157. The number of esters is 1. The van der Waals surface area contributed by atoms with Crippen molar-refractivity contribution in [1.29, 1.82) is 0 Å². The molecule has 2 aliphatic rings. The van der Waals surface area contributed by atoms with E-state index >= 15 is 0 Å². The van der Waals surface area contributed by atoms with E-state index in [0.717, 1.165) is 35.4 Å². The quantitative estimate of drug-likeness (QED) is 0.535. The van der Waals surface area contributed by atoms with Crippen LogP contribution in [0, 0.1) is 11.7 Å². The number of carbonyl (C=O) groups is 1. The molecular weight excluding hydrogens is 383 g/mol. The number of hydrogen-bond donors (Lipinski definition) is 0. The molecule has 5 nitrogen and oxygen atoms in total. The Morgan fingerprint density at radius 2 is 2.13 bits per heavy atom. The van der Waals surface area contributed by atoms with E-state index < -0.39 is 5.97 Å². The number of allylic oxidation sites excluding steroid dienone is 1. The second-order valence-electron chi connectivity index (χ2n) is 7.54. The van der Waals surface area contributed by atoms with Gasteiger partial charge in [-0.1, -0.05) is 18.2 Å². The number of nitrogens with zero attached hydrogens (tertiary/aromatic N) is 2. The summed E-state index contributed by atoms with van der Waals surface area (Å²) in [4.78, 5) is 12.1. The summed E-state index contributed by atoms with van der Waals surface area (Å²) in [5, 5.41) is 6.76. The van der Waals surface area contributed by atoms with Crippen molar-refractivity contribution in [3.05, 3.63) is 76.7 Å². The SMILES string of the molecule is CCOC(=O)/C=C(\C)N1N=C2c3cc(OC)ccc3CCC2C1c1cccc(F)c1. The molecule has 30 heavy (non-hydrogen) atoms. The Balaban J connectivity index is 1.80. The van der Waals surface area contributed by atoms with Gasteiger partial charge in [0.15, 0.2) is 0 Å². The van der Waals surface area contributed by atoms with E-state index in [1.807, 2.05) is 30.1 Å². The Hall–Kier alpha value is -3.15. The fraction of sp³-hybridized carbons (Fsp3) is 0.333. The van der Waals surface area contributed by atoms with Gasteiger partial charge in [0, 0.05) is 23.3 Å². The molecule has 0 N–H and O–H groups in total. The smallest absolute Gasteiger partial charge is 0.332 e. The van der Waals surface area contributed by atoms with Crippen LogP contribution in [0.25, 0.3) is 0 Å². The van der Waals surface area contributed by atoms with Crippen molar-refractivity contribution in [2.45, 2.75) is 32.7 Å². The molecule has 0 fully saturated rings. The number of aryl methyl sites for hydroxylation is 1.